The molecule has 134 valence electrons. The Morgan fingerprint density at radius 1 is 0.808 bits per heavy atom. The minimum Gasteiger partial charge on any atom is -0.508 e. The van der Waals surface area contributed by atoms with E-state index in [4.69, 9.17) is 0 Å². The fourth-order valence-corrected chi connectivity index (χ4v) is 2.49. The van der Waals surface area contributed by atoms with Crippen molar-refractivity contribution in [3.05, 3.63) is 78.4 Å². The molecule has 0 saturated heterocycles. The highest BCUT2D eigenvalue weighted by Crippen LogP contribution is 2.27. The highest BCUT2D eigenvalue weighted by Gasteiger charge is 2.30. The summed E-state index contributed by atoms with van der Waals surface area (Å²) in [5, 5.41) is 13.0. The molecule has 0 aliphatic carbocycles. The maximum Gasteiger partial charge on any atom is 0.573 e. The molecule has 3 aromatic carbocycles. The number of nitrogens with one attached hydrogen (secondary N) is 1. The fourth-order valence-electron chi connectivity index (χ4n) is 2.49. The lowest BCUT2D eigenvalue weighted by Crippen LogP contribution is -2.16. The van der Waals surface area contributed by atoms with Crippen LogP contribution in [0, 0.1) is 0 Å². The van der Waals surface area contributed by atoms with E-state index in [9.17, 15) is 18.3 Å². The molecule has 3 aromatic rings. The van der Waals surface area contributed by atoms with Crippen LogP contribution in [0.2, 0.25) is 0 Å². The van der Waals surface area contributed by atoms with Gasteiger partial charge in [-0.05, 0) is 41.5 Å². The summed E-state index contributed by atoms with van der Waals surface area (Å²) in [6.45, 7) is 0.482. The van der Waals surface area contributed by atoms with Crippen molar-refractivity contribution >= 4 is 5.69 Å². The maximum atomic E-state index is 12.2. The molecule has 0 bridgehead atoms. The van der Waals surface area contributed by atoms with Crippen LogP contribution in [0.5, 0.6) is 11.5 Å². The predicted molar refractivity (Wildman–Crippen MR) is 94.0 cm³/mol. The largest absolute Gasteiger partial charge is 0.573 e. The fraction of sp³-hybridized carbons (Fsp3) is 0.100. The van der Waals surface area contributed by atoms with Gasteiger partial charge in [0.15, 0.2) is 0 Å². The van der Waals surface area contributed by atoms with Gasteiger partial charge in [0.2, 0.25) is 0 Å². The van der Waals surface area contributed by atoms with Gasteiger partial charge >= 0.3 is 6.36 Å². The minimum atomic E-state index is -4.69. The van der Waals surface area contributed by atoms with E-state index in [2.05, 4.69) is 10.1 Å². The van der Waals surface area contributed by atoms with Crippen LogP contribution >= 0.6 is 0 Å². The average Bonchev–Trinajstić information content (AvgIpc) is 2.61. The first-order chi connectivity index (χ1) is 12.4. The molecule has 3 nitrogen and oxygen atoms in total. The number of hydrogen-bond donors (Lipinski definition) is 2. The van der Waals surface area contributed by atoms with Gasteiger partial charge in [-0.1, -0.05) is 42.5 Å². The zero-order chi connectivity index (χ0) is 18.6. The van der Waals surface area contributed by atoms with Gasteiger partial charge in [0.1, 0.15) is 11.5 Å². The normalized spacial score (nSPS) is 11.2. The molecular weight excluding hydrogens is 343 g/mol. The summed E-state index contributed by atoms with van der Waals surface area (Å²) in [5.74, 6) is -0.0139. The van der Waals surface area contributed by atoms with Crippen molar-refractivity contribution in [3.8, 4) is 22.6 Å². The van der Waals surface area contributed by atoms with Crippen LogP contribution in [0.3, 0.4) is 0 Å². The number of aromatic hydroxyl groups is 1. The molecule has 0 spiro atoms. The van der Waals surface area contributed by atoms with Gasteiger partial charge in [0, 0.05) is 17.8 Å². The summed E-state index contributed by atoms with van der Waals surface area (Å²) in [4.78, 5) is 0. The van der Waals surface area contributed by atoms with E-state index in [0.717, 1.165) is 22.4 Å². The lowest BCUT2D eigenvalue weighted by atomic mass is 10.1. The van der Waals surface area contributed by atoms with Crippen molar-refractivity contribution in [2.24, 2.45) is 0 Å². The van der Waals surface area contributed by atoms with Crippen LogP contribution in [0.4, 0.5) is 18.9 Å². The van der Waals surface area contributed by atoms with E-state index in [0.29, 0.717) is 6.54 Å². The maximum absolute atomic E-state index is 12.2. The number of benzene rings is 3. The summed E-state index contributed by atoms with van der Waals surface area (Å²) in [6, 6.07) is 20.3. The van der Waals surface area contributed by atoms with Gasteiger partial charge in [0.05, 0.1) is 0 Å². The van der Waals surface area contributed by atoms with Crippen molar-refractivity contribution in [2.45, 2.75) is 12.9 Å². The Labute approximate surface area is 148 Å². The number of rotatable bonds is 5. The van der Waals surface area contributed by atoms with Crippen LogP contribution in [0.1, 0.15) is 5.56 Å². The highest BCUT2D eigenvalue weighted by molar-refractivity contribution is 5.66. The Kier molecular flexibility index (Phi) is 5.02. The molecule has 0 aliphatic rings. The third-order valence-corrected chi connectivity index (χ3v) is 3.78. The number of para-hydroxylation sites is 1. The van der Waals surface area contributed by atoms with E-state index in [1.807, 2.05) is 36.4 Å². The SMILES string of the molecule is Oc1ccccc1CNc1ccc(-c2ccc(OC(F)(F)F)cc2)cc1. The first-order valence-corrected chi connectivity index (χ1v) is 7.88. The summed E-state index contributed by atoms with van der Waals surface area (Å²) >= 11 is 0. The molecule has 3 rings (SSSR count). The molecule has 0 atom stereocenters. The van der Waals surface area contributed by atoms with E-state index in [-0.39, 0.29) is 11.5 Å². The summed E-state index contributed by atoms with van der Waals surface area (Å²) < 4.78 is 40.4. The number of anilines is 1. The topological polar surface area (TPSA) is 41.5 Å². The number of alkyl halides is 3. The van der Waals surface area contributed by atoms with Gasteiger partial charge < -0.3 is 15.2 Å². The second-order valence-electron chi connectivity index (χ2n) is 5.63. The van der Waals surface area contributed by atoms with E-state index < -0.39 is 6.36 Å². The lowest BCUT2D eigenvalue weighted by molar-refractivity contribution is -0.274. The molecule has 0 heterocycles. The van der Waals surface area contributed by atoms with Gasteiger partial charge in [-0.15, -0.1) is 13.2 Å². The van der Waals surface area contributed by atoms with Crippen LogP contribution in [0.15, 0.2) is 72.8 Å². The van der Waals surface area contributed by atoms with E-state index in [1.54, 1.807) is 24.3 Å². The Morgan fingerprint density at radius 3 is 1.96 bits per heavy atom. The second-order valence-corrected chi connectivity index (χ2v) is 5.63. The first-order valence-electron chi connectivity index (χ1n) is 7.88. The first kappa shape index (κ1) is 17.7. The number of halogens is 3. The molecule has 0 saturated carbocycles. The predicted octanol–water partition coefficient (Wildman–Crippen LogP) is 5.57. The van der Waals surface area contributed by atoms with Crippen molar-refractivity contribution < 1.29 is 23.0 Å². The molecule has 6 heteroatoms. The second kappa shape index (κ2) is 7.39. The zero-order valence-corrected chi connectivity index (χ0v) is 13.6. The van der Waals surface area contributed by atoms with E-state index in [1.165, 1.54) is 12.1 Å². The minimum absolute atomic E-state index is 0.234. The van der Waals surface area contributed by atoms with Crippen LogP contribution in [-0.4, -0.2) is 11.5 Å². The van der Waals surface area contributed by atoms with Gasteiger partial charge in [-0.3, -0.25) is 0 Å². The Morgan fingerprint density at radius 2 is 1.38 bits per heavy atom. The zero-order valence-electron chi connectivity index (χ0n) is 13.6. The molecule has 0 amide bonds. The summed E-state index contributed by atoms with van der Waals surface area (Å²) in [5.41, 5.74) is 3.31. The van der Waals surface area contributed by atoms with Gasteiger partial charge in [-0.2, -0.15) is 0 Å². The number of phenols is 1. The standard InChI is InChI=1S/C20H16F3NO2/c21-20(22,23)26-18-11-7-15(8-12-18)14-5-9-17(10-6-14)24-13-16-3-1-2-4-19(16)25/h1-12,24-25H,13H2. The van der Waals surface area contributed by atoms with Crippen LogP contribution < -0.4 is 10.1 Å². The van der Waals surface area contributed by atoms with E-state index >= 15 is 0 Å². The quantitative estimate of drug-likeness (QED) is 0.626. The number of hydrogen-bond acceptors (Lipinski definition) is 3. The Balaban J connectivity index is 1.65. The van der Waals surface area contributed by atoms with Gasteiger partial charge in [-0.25, -0.2) is 0 Å². The smallest absolute Gasteiger partial charge is 0.508 e. The molecule has 0 radical (unpaired) electrons. The van der Waals surface area contributed by atoms with Crippen molar-refractivity contribution in [1.82, 2.24) is 0 Å². The Bertz CT molecular complexity index is 859. The average molecular weight is 359 g/mol. The molecule has 0 fully saturated rings. The Hall–Kier alpha value is -3.15. The molecule has 0 aromatic heterocycles. The highest BCUT2D eigenvalue weighted by atomic mass is 19.4. The number of ether oxygens (including phenoxy) is 1. The monoisotopic (exact) mass is 359 g/mol. The van der Waals surface area contributed by atoms with Crippen molar-refractivity contribution in [3.63, 3.8) is 0 Å². The van der Waals surface area contributed by atoms with Gasteiger partial charge in [0.25, 0.3) is 0 Å². The third-order valence-electron chi connectivity index (χ3n) is 3.78. The molecule has 26 heavy (non-hydrogen) atoms. The van der Waals surface area contributed by atoms with Crippen LogP contribution in [-0.2, 0) is 6.54 Å². The molecule has 2 N–H and O–H groups in total. The van der Waals surface area contributed by atoms with Crippen LogP contribution in [0.25, 0.3) is 11.1 Å². The van der Waals surface area contributed by atoms with Crippen molar-refractivity contribution in [1.29, 1.82) is 0 Å². The molecular formula is C20H16F3NO2. The molecule has 0 aliphatic heterocycles. The third kappa shape index (κ3) is 4.69. The van der Waals surface area contributed by atoms with Crippen molar-refractivity contribution in [2.75, 3.05) is 5.32 Å². The summed E-state index contributed by atoms with van der Waals surface area (Å²) in [6.07, 6.45) is -4.69. The summed E-state index contributed by atoms with van der Waals surface area (Å²) in [7, 11) is 0. The lowest BCUT2D eigenvalue weighted by Gasteiger charge is -2.10. The molecule has 0 unspecified atom stereocenters. The number of phenolic OH excluding ortho intramolecular Hbond substituents is 1.